The van der Waals surface area contributed by atoms with Gasteiger partial charge in [0.1, 0.15) is 18.5 Å². The van der Waals surface area contributed by atoms with Gasteiger partial charge in [-0.25, -0.2) is 0 Å². The number of carbonyl (C=O) groups excluding carboxylic acids is 1. The molecular formula is C16H26N2O3. The molecule has 1 aromatic carbocycles. The average molecular weight is 294 g/mol. The number of amides is 1. The van der Waals surface area contributed by atoms with Gasteiger partial charge in [0.2, 0.25) is 5.91 Å². The maximum absolute atomic E-state index is 11.3. The second-order valence-corrected chi connectivity index (χ2v) is 5.20. The highest BCUT2D eigenvalue weighted by molar-refractivity contribution is 5.75. The van der Waals surface area contributed by atoms with Crippen LogP contribution in [0.2, 0.25) is 0 Å². The Balaban J connectivity index is 2.15. The first kappa shape index (κ1) is 17.5. The zero-order valence-corrected chi connectivity index (χ0v) is 13.1. The van der Waals surface area contributed by atoms with Gasteiger partial charge >= 0.3 is 0 Å². The van der Waals surface area contributed by atoms with E-state index in [1.165, 1.54) is 5.56 Å². The van der Waals surface area contributed by atoms with Crippen LogP contribution < -0.4 is 10.1 Å². The fraction of sp³-hybridized carbons (Fsp3) is 0.562. The number of carbonyl (C=O) groups is 1. The number of hydrogen-bond donors (Lipinski definition) is 2. The van der Waals surface area contributed by atoms with Gasteiger partial charge in [0.15, 0.2) is 0 Å². The lowest BCUT2D eigenvalue weighted by Crippen LogP contribution is -2.34. The van der Waals surface area contributed by atoms with E-state index in [0.29, 0.717) is 19.5 Å². The van der Waals surface area contributed by atoms with Crippen LogP contribution in [0, 0.1) is 0 Å². The first-order valence-electron chi connectivity index (χ1n) is 7.33. The third-order valence-electron chi connectivity index (χ3n) is 3.17. The molecule has 0 radical (unpaired) electrons. The molecule has 0 bridgehead atoms. The van der Waals surface area contributed by atoms with Crippen molar-refractivity contribution < 1.29 is 14.6 Å². The van der Waals surface area contributed by atoms with Crippen molar-refractivity contribution >= 4 is 5.91 Å². The van der Waals surface area contributed by atoms with Crippen molar-refractivity contribution in [2.45, 2.75) is 25.9 Å². The number of nitrogens with zero attached hydrogens (tertiary/aromatic N) is 1. The lowest BCUT2D eigenvalue weighted by atomic mass is 10.2. The molecule has 1 amide bonds. The lowest BCUT2D eigenvalue weighted by Gasteiger charge is -2.14. The van der Waals surface area contributed by atoms with Crippen LogP contribution in [0.4, 0.5) is 0 Å². The van der Waals surface area contributed by atoms with E-state index >= 15 is 0 Å². The maximum Gasteiger partial charge on any atom is 0.223 e. The van der Waals surface area contributed by atoms with Crippen molar-refractivity contribution in [1.29, 1.82) is 0 Å². The molecule has 5 nitrogen and oxygen atoms in total. The third-order valence-corrected chi connectivity index (χ3v) is 3.17. The summed E-state index contributed by atoms with van der Waals surface area (Å²) in [5.74, 6) is 0.832. The first-order valence-corrected chi connectivity index (χ1v) is 7.33. The molecule has 21 heavy (non-hydrogen) atoms. The minimum atomic E-state index is -0.592. The van der Waals surface area contributed by atoms with E-state index < -0.39 is 6.10 Å². The number of rotatable bonds is 9. The number of aliphatic hydroxyl groups excluding tert-OH is 1. The summed E-state index contributed by atoms with van der Waals surface area (Å²) >= 11 is 0. The summed E-state index contributed by atoms with van der Waals surface area (Å²) in [6.07, 6.45) is 0.836. The van der Waals surface area contributed by atoms with Gasteiger partial charge in [0.25, 0.3) is 0 Å². The van der Waals surface area contributed by atoms with E-state index in [1.54, 1.807) is 19.0 Å². The summed E-state index contributed by atoms with van der Waals surface area (Å²) < 4.78 is 5.52. The Labute approximate surface area is 126 Å². The molecule has 5 heteroatoms. The fourth-order valence-corrected chi connectivity index (χ4v) is 1.76. The van der Waals surface area contributed by atoms with Gasteiger partial charge in [-0.15, -0.1) is 0 Å². The quantitative estimate of drug-likeness (QED) is 0.669. The zero-order valence-electron chi connectivity index (χ0n) is 13.1. The van der Waals surface area contributed by atoms with Gasteiger partial charge in [-0.05, 0) is 24.1 Å². The molecule has 1 aromatic rings. The normalized spacial score (nSPS) is 12.0. The molecule has 1 atom stereocenters. The van der Waals surface area contributed by atoms with Crippen molar-refractivity contribution in [3.8, 4) is 5.75 Å². The summed E-state index contributed by atoms with van der Waals surface area (Å²) in [6.45, 7) is 3.31. The lowest BCUT2D eigenvalue weighted by molar-refractivity contribution is -0.128. The highest BCUT2D eigenvalue weighted by atomic mass is 16.5. The third kappa shape index (κ3) is 7.11. The molecule has 2 N–H and O–H groups in total. The van der Waals surface area contributed by atoms with Crippen molar-refractivity contribution in [3.05, 3.63) is 29.8 Å². The second-order valence-electron chi connectivity index (χ2n) is 5.20. The Morgan fingerprint density at radius 1 is 1.33 bits per heavy atom. The first-order chi connectivity index (χ1) is 10.0. The highest BCUT2D eigenvalue weighted by Crippen LogP contribution is 2.12. The second kappa shape index (κ2) is 9.37. The topological polar surface area (TPSA) is 61.8 Å². The molecule has 0 aliphatic carbocycles. The van der Waals surface area contributed by atoms with Crippen molar-refractivity contribution in [1.82, 2.24) is 10.2 Å². The standard InChI is InChI=1S/C16H26N2O3/c1-4-13-5-7-15(8-6-13)21-12-14(19)11-17-10-9-16(20)18(2)3/h5-8,14,17,19H,4,9-12H2,1-3H3. The largest absolute Gasteiger partial charge is 0.491 e. The van der Waals surface area contributed by atoms with Crippen LogP contribution in [0.3, 0.4) is 0 Å². The van der Waals surface area contributed by atoms with Crippen LogP contribution in [0.1, 0.15) is 18.9 Å². The summed E-state index contributed by atoms with van der Waals surface area (Å²) in [5, 5.41) is 12.9. The monoisotopic (exact) mass is 294 g/mol. The van der Waals surface area contributed by atoms with Crippen molar-refractivity contribution in [2.24, 2.45) is 0 Å². The van der Waals surface area contributed by atoms with Crippen LogP contribution >= 0.6 is 0 Å². The van der Waals surface area contributed by atoms with Crippen LogP contribution in [0.5, 0.6) is 5.75 Å². The van der Waals surface area contributed by atoms with Gasteiger partial charge in [0, 0.05) is 33.6 Å². The van der Waals surface area contributed by atoms with E-state index in [4.69, 9.17) is 4.74 Å². The minimum absolute atomic E-state index is 0.0734. The molecule has 118 valence electrons. The van der Waals surface area contributed by atoms with E-state index in [9.17, 15) is 9.90 Å². The number of benzene rings is 1. The molecule has 1 unspecified atom stereocenters. The molecule has 0 saturated carbocycles. The number of nitrogens with one attached hydrogen (secondary N) is 1. The van der Waals surface area contributed by atoms with Gasteiger partial charge < -0.3 is 20.1 Å². The minimum Gasteiger partial charge on any atom is -0.491 e. The van der Waals surface area contributed by atoms with E-state index in [2.05, 4.69) is 12.2 Å². The predicted molar refractivity (Wildman–Crippen MR) is 83.5 cm³/mol. The Bertz CT molecular complexity index is 418. The van der Waals surface area contributed by atoms with E-state index in [-0.39, 0.29) is 12.5 Å². The van der Waals surface area contributed by atoms with Gasteiger partial charge in [0.05, 0.1) is 0 Å². The van der Waals surface area contributed by atoms with E-state index in [0.717, 1.165) is 12.2 Å². The van der Waals surface area contributed by atoms with Gasteiger partial charge in [-0.1, -0.05) is 19.1 Å². The van der Waals surface area contributed by atoms with Crippen LogP contribution in [-0.2, 0) is 11.2 Å². The average Bonchev–Trinajstić information content (AvgIpc) is 2.49. The molecule has 0 aliphatic heterocycles. The van der Waals surface area contributed by atoms with Crippen LogP contribution in [0.25, 0.3) is 0 Å². The number of hydrogen-bond acceptors (Lipinski definition) is 4. The molecule has 0 aromatic heterocycles. The Hall–Kier alpha value is -1.59. The van der Waals surface area contributed by atoms with E-state index in [1.807, 2.05) is 24.3 Å². The number of ether oxygens (including phenoxy) is 1. The summed E-state index contributed by atoms with van der Waals surface area (Å²) in [7, 11) is 3.46. The molecular weight excluding hydrogens is 268 g/mol. The van der Waals surface area contributed by atoms with Crippen LogP contribution in [0.15, 0.2) is 24.3 Å². The molecule has 0 spiro atoms. The smallest absolute Gasteiger partial charge is 0.223 e. The van der Waals surface area contributed by atoms with Gasteiger partial charge in [-0.2, -0.15) is 0 Å². The van der Waals surface area contributed by atoms with Crippen molar-refractivity contribution in [3.63, 3.8) is 0 Å². The zero-order chi connectivity index (χ0) is 15.7. The molecule has 0 aliphatic rings. The molecule has 0 fully saturated rings. The summed E-state index contributed by atoms with van der Waals surface area (Å²) in [5.41, 5.74) is 1.26. The maximum atomic E-state index is 11.3. The summed E-state index contributed by atoms with van der Waals surface area (Å²) in [6, 6.07) is 7.86. The number of aliphatic hydroxyl groups is 1. The SMILES string of the molecule is CCc1ccc(OCC(O)CNCCC(=O)N(C)C)cc1. The molecule has 0 heterocycles. The summed E-state index contributed by atoms with van der Waals surface area (Å²) in [4.78, 5) is 12.9. The number of aryl methyl sites for hydroxylation is 1. The Kier molecular flexibility index (Phi) is 7.79. The van der Waals surface area contributed by atoms with Crippen LogP contribution in [-0.4, -0.2) is 55.8 Å². The van der Waals surface area contributed by atoms with Crippen molar-refractivity contribution in [2.75, 3.05) is 33.8 Å². The van der Waals surface area contributed by atoms with Gasteiger partial charge in [-0.3, -0.25) is 4.79 Å². The molecule has 1 rings (SSSR count). The predicted octanol–water partition coefficient (Wildman–Crippen LogP) is 1.06. The molecule has 0 saturated heterocycles. The fourth-order valence-electron chi connectivity index (χ4n) is 1.76. The Morgan fingerprint density at radius 3 is 2.57 bits per heavy atom. The highest BCUT2D eigenvalue weighted by Gasteiger charge is 2.07. The Morgan fingerprint density at radius 2 is 2.00 bits per heavy atom.